The molecular weight excluding hydrogens is 321 g/mol. The van der Waals surface area contributed by atoms with Crippen LogP contribution in [0.5, 0.6) is 0 Å². The van der Waals surface area contributed by atoms with Gasteiger partial charge in [0.1, 0.15) is 5.82 Å². The minimum absolute atomic E-state index is 0.00172. The molecule has 7 heteroatoms. The zero-order chi connectivity index (χ0) is 17.1. The Morgan fingerprint density at radius 2 is 2.17 bits per heavy atom. The van der Waals surface area contributed by atoms with E-state index >= 15 is 0 Å². The maximum Gasteiger partial charge on any atom is 0.224 e. The summed E-state index contributed by atoms with van der Waals surface area (Å²) in [5, 5.41) is 16.9. The van der Waals surface area contributed by atoms with Crippen LogP contribution >= 0.6 is 11.6 Å². The molecule has 0 spiro atoms. The van der Waals surface area contributed by atoms with Gasteiger partial charge in [-0.25, -0.2) is 4.39 Å². The van der Waals surface area contributed by atoms with E-state index in [9.17, 15) is 14.3 Å². The maximum absolute atomic E-state index is 13.4. The van der Waals surface area contributed by atoms with E-state index in [1.54, 1.807) is 4.68 Å². The minimum Gasteiger partial charge on any atom is -0.387 e. The van der Waals surface area contributed by atoms with Gasteiger partial charge in [0.05, 0.1) is 23.2 Å². The van der Waals surface area contributed by atoms with Gasteiger partial charge in [-0.2, -0.15) is 5.10 Å². The Balaban J connectivity index is 1.94. The van der Waals surface area contributed by atoms with Crippen LogP contribution in [0, 0.1) is 19.7 Å². The summed E-state index contributed by atoms with van der Waals surface area (Å²) in [6, 6.07) is 4.06. The number of aliphatic hydroxyl groups is 1. The topological polar surface area (TPSA) is 67.2 Å². The van der Waals surface area contributed by atoms with Gasteiger partial charge in [-0.1, -0.05) is 17.7 Å². The Bertz CT molecular complexity index is 730. The summed E-state index contributed by atoms with van der Waals surface area (Å²) in [5.74, 6) is -0.825. The fourth-order valence-electron chi connectivity index (χ4n) is 2.34. The van der Waals surface area contributed by atoms with Crippen molar-refractivity contribution in [3.05, 3.63) is 51.6 Å². The average molecular weight is 340 g/mol. The fraction of sp³-hybridized carbons (Fsp3) is 0.375. The molecule has 0 fully saturated rings. The first kappa shape index (κ1) is 17.4. The molecule has 1 amide bonds. The monoisotopic (exact) mass is 339 g/mol. The van der Waals surface area contributed by atoms with Crippen LogP contribution in [-0.2, 0) is 18.3 Å². The number of hydrogen-bond donors (Lipinski definition) is 2. The van der Waals surface area contributed by atoms with Crippen LogP contribution < -0.4 is 5.32 Å². The number of nitrogens with zero attached hydrogens (tertiary/aromatic N) is 2. The second-order valence-electron chi connectivity index (χ2n) is 5.44. The van der Waals surface area contributed by atoms with Crippen molar-refractivity contribution >= 4 is 17.5 Å². The van der Waals surface area contributed by atoms with Crippen LogP contribution in [0.3, 0.4) is 0 Å². The van der Waals surface area contributed by atoms with E-state index in [1.165, 1.54) is 12.1 Å². The molecule has 2 aromatic rings. The number of aryl methyl sites for hydroxylation is 2. The molecule has 0 aliphatic heterocycles. The number of halogens is 2. The predicted octanol–water partition coefficient (Wildman–Crippen LogP) is 2.22. The van der Waals surface area contributed by atoms with Crippen LogP contribution in [-0.4, -0.2) is 27.3 Å². The smallest absolute Gasteiger partial charge is 0.224 e. The summed E-state index contributed by atoms with van der Waals surface area (Å²) >= 11 is 5.60. The van der Waals surface area contributed by atoms with Crippen LogP contribution in [0.1, 0.15) is 28.6 Å². The molecule has 0 bridgehead atoms. The molecule has 0 aliphatic rings. The average Bonchev–Trinajstić information content (AvgIpc) is 2.74. The van der Waals surface area contributed by atoms with E-state index in [-0.39, 0.29) is 23.9 Å². The highest BCUT2D eigenvalue weighted by atomic mass is 35.5. The standard InChI is InChI=1S/C16H19ClFN3O2/c1-9-12(10(2)21(3)20-9)7-16(23)19-8-15(22)11-4-5-13(17)14(18)6-11/h4-6,15,22H,7-8H2,1-3H3,(H,19,23). The number of amides is 1. The largest absolute Gasteiger partial charge is 0.387 e. The molecule has 0 saturated carbocycles. The number of carbonyl (C=O) groups is 1. The number of rotatable bonds is 5. The lowest BCUT2D eigenvalue weighted by molar-refractivity contribution is -0.120. The number of hydrogen-bond acceptors (Lipinski definition) is 3. The first-order chi connectivity index (χ1) is 10.8. The molecule has 1 unspecified atom stereocenters. The second-order valence-corrected chi connectivity index (χ2v) is 5.85. The molecule has 2 N–H and O–H groups in total. The van der Waals surface area contributed by atoms with E-state index in [4.69, 9.17) is 11.6 Å². The number of carbonyl (C=O) groups excluding carboxylic acids is 1. The summed E-state index contributed by atoms with van der Waals surface area (Å²) in [4.78, 5) is 12.0. The fourth-order valence-corrected chi connectivity index (χ4v) is 2.46. The molecule has 124 valence electrons. The SMILES string of the molecule is Cc1nn(C)c(C)c1CC(=O)NCC(O)c1ccc(Cl)c(F)c1. The number of aromatic nitrogens is 2. The third-order valence-corrected chi connectivity index (χ3v) is 4.12. The minimum atomic E-state index is -0.998. The second kappa shape index (κ2) is 7.10. The van der Waals surface area contributed by atoms with Crippen molar-refractivity contribution in [3.8, 4) is 0 Å². The molecule has 0 saturated heterocycles. The van der Waals surface area contributed by atoms with Crippen molar-refractivity contribution < 1.29 is 14.3 Å². The van der Waals surface area contributed by atoms with Gasteiger partial charge in [0.15, 0.2) is 0 Å². The zero-order valence-electron chi connectivity index (χ0n) is 13.2. The van der Waals surface area contributed by atoms with Crippen molar-refractivity contribution in [2.75, 3.05) is 6.54 Å². The molecule has 1 aromatic heterocycles. The molecule has 1 heterocycles. The summed E-state index contributed by atoms with van der Waals surface area (Å²) in [6.45, 7) is 3.74. The lowest BCUT2D eigenvalue weighted by Gasteiger charge is -2.13. The first-order valence-corrected chi connectivity index (χ1v) is 7.56. The quantitative estimate of drug-likeness (QED) is 0.877. The van der Waals surface area contributed by atoms with Crippen molar-refractivity contribution in [1.82, 2.24) is 15.1 Å². The summed E-state index contributed by atoms with van der Waals surface area (Å²) in [7, 11) is 1.82. The highest BCUT2D eigenvalue weighted by Gasteiger charge is 2.15. The molecule has 2 rings (SSSR count). The van der Waals surface area contributed by atoms with Crippen LogP contribution in [0.25, 0.3) is 0 Å². The first-order valence-electron chi connectivity index (χ1n) is 7.18. The van der Waals surface area contributed by atoms with Gasteiger partial charge in [-0.05, 0) is 31.5 Å². The normalized spacial score (nSPS) is 12.3. The van der Waals surface area contributed by atoms with Crippen molar-refractivity contribution in [2.45, 2.75) is 26.4 Å². The Morgan fingerprint density at radius 1 is 1.48 bits per heavy atom. The Hall–Kier alpha value is -1.92. The molecular formula is C16H19ClFN3O2. The van der Waals surface area contributed by atoms with Gasteiger partial charge in [-0.3, -0.25) is 9.48 Å². The van der Waals surface area contributed by atoms with E-state index in [0.717, 1.165) is 23.0 Å². The lowest BCUT2D eigenvalue weighted by Crippen LogP contribution is -2.30. The van der Waals surface area contributed by atoms with Gasteiger partial charge in [0.2, 0.25) is 5.91 Å². The van der Waals surface area contributed by atoms with Crippen molar-refractivity contribution in [3.63, 3.8) is 0 Å². The van der Waals surface area contributed by atoms with Crippen LogP contribution in [0.2, 0.25) is 5.02 Å². The van der Waals surface area contributed by atoms with Gasteiger partial charge < -0.3 is 10.4 Å². The number of benzene rings is 1. The summed E-state index contributed by atoms with van der Waals surface area (Å²) in [5.41, 5.74) is 2.97. The molecule has 0 aliphatic carbocycles. The third kappa shape index (κ3) is 4.09. The highest BCUT2D eigenvalue weighted by Crippen LogP contribution is 2.20. The molecule has 5 nitrogen and oxygen atoms in total. The Kier molecular flexibility index (Phi) is 5.38. The third-order valence-electron chi connectivity index (χ3n) is 3.82. The Morgan fingerprint density at radius 3 is 2.74 bits per heavy atom. The zero-order valence-corrected chi connectivity index (χ0v) is 14.0. The molecule has 23 heavy (non-hydrogen) atoms. The molecule has 1 atom stereocenters. The Labute approximate surface area is 139 Å². The predicted molar refractivity (Wildman–Crippen MR) is 85.8 cm³/mol. The van der Waals surface area contributed by atoms with E-state index in [1.807, 2.05) is 20.9 Å². The van der Waals surface area contributed by atoms with Gasteiger partial charge >= 0.3 is 0 Å². The van der Waals surface area contributed by atoms with E-state index < -0.39 is 11.9 Å². The molecule has 0 radical (unpaired) electrons. The van der Waals surface area contributed by atoms with Gasteiger partial charge in [0, 0.05) is 24.8 Å². The van der Waals surface area contributed by atoms with Gasteiger partial charge in [0.25, 0.3) is 0 Å². The van der Waals surface area contributed by atoms with E-state index in [2.05, 4.69) is 10.4 Å². The van der Waals surface area contributed by atoms with E-state index in [0.29, 0.717) is 5.56 Å². The summed E-state index contributed by atoms with van der Waals surface area (Å²) < 4.78 is 15.1. The highest BCUT2D eigenvalue weighted by molar-refractivity contribution is 6.30. The van der Waals surface area contributed by atoms with Crippen molar-refractivity contribution in [2.24, 2.45) is 7.05 Å². The van der Waals surface area contributed by atoms with Crippen LogP contribution in [0.4, 0.5) is 4.39 Å². The lowest BCUT2D eigenvalue weighted by atomic mass is 10.1. The number of nitrogens with one attached hydrogen (secondary N) is 1. The maximum atomic E-state index is 13.4. The molecule has 1 aromatic carbocycles. The summed E-state index contributed by atoms with van der Waals surface area (Å²) in [6.07, 6.45) is -0.811. The van der Waals surface area contributed by atoms with Crippen LogP contribution in [0.15, 0.2) is 18.2 Å². The number of aliphatic hydroxyl groups excluding tert-OH is 1. The van der Waals surface area contributed by atoms with Gasteiger partial charge in [-0.15, -0.1) is 0 Å². The van der Waals surface area contributed by atoms with Crippen molar-refractivity contribution in [1.29, 1.82) is 0 Å².